The molecule has 4 aromatic carbocycles. The van der Waals surface area contributed by atoms with Gasteiger partial charge in [-0.15, -0.1) is 0 Å². The molecule has 2 nitrogen and oxygen atoms in total. The summed E-state index contributed by atoms with van der Waals surface area (Å²) >= 11 is 0. The molecule has 1 saturated carbocycles. The van der Waals surface area contributed by atoms with Gasteiger partial charge in [-0.1, -0.05) is 81.5 Å². The Hall–Kier alpha value is -3.39. The molecule has 1 aliphatic carbocycles. The number of hydrogen-bond donors (Lipinski definition) is 0. The van der Waals surface area contributed by atoms with Crippen molar-refractivity contribution in [2.75, 3.05) is 0 Å². The van der Waals surface area contributed by atoms with Gasteiger partial charge in [0.2, 0.25) is 5.69 Å². The van der Waals surface area contributed by atoms with Gasteiger partial charge in [0, 0.05) is 17.0 Å². The minimum atomic E-state index is 0.538. The van der Waals surface area contributed by atoms with Crippen molar-refractivity contribution in [3.8, 4) is 22.8 Å². The third-order valence-corrected chi connectivity index (χ3v) is 9.11. The third kappa shape index (κ3) is 3.64. The molecule has 0 unspecified atom stereocenters. The highest BCUT2D eigenvalue weighted by Gasteiger charge is 2.33. The van der Waals surface area contributed by atoms with Crippen LogP contribution < -0.4 is 9.30 Å². The fourth-order valence-electron chi connectivity index (χ4n) is 7.28. The van der Waals surface area contributed by atoms with E-state index >= 15 is 0 Å². The van der Waals surface area contributed by atoms with E-state index in [1.807, 2.05) is 0 Å². The Labute approximate surface area is 226 Å². The van der Waals surface area contributed by atoms with Crippen LogP contribution >= 0.6 is 0 Å². The molecule has 192 valence electrons. The van der Waals surface area contributed by atoms with Crippen LogP contribution in [0.25, 0.3) is 43.6 Å². The van der Waals surface area contributed by atoms with Crippen molar-refractivity contribution in [1.29, 1.82) is 0 Å². The van der Waals surface area contributed by atoms with Crippen molar-refractivity contribution < 1.29 is 9.30 Å². The molecule has 0 radical (unpaired) electrons. The summed E-state index contributed by atoms with van der Waals surface area (Å²) in [6.45, 7) is 9.09. The van der Waals surface area contributed by atoms with Gasteiger partial charge in [-0.3, -0.25) is 0 Å². The highest BCUT2D eigenvalue weighted by Crippen LogP contribution is 2.52. The van der Waals surface area contributed by atoms with Crippen LogP contribution in [-0.2, 0) is 19.9 Å². The average molecular weight is 501 g/mol. The van der Waals surface area contributed by atoms with Crippen LogP contribution in [-0.4, -0.2) is 0 Å². The van der Waals surface area contributed by atoms with E-state index < -0.39 is 0 Å². The van der Waals surface area contributed by atoms with Crippen LogP contribution in [0.5, 0.6) is 11.5 Å². The standard InChI is InChI=1S/C36H38NO/c1-21(2)16-31-27-13-10-22(3)17-29(27)23(4)33-35-34-28(14-15-37(35)5)30-19-25(18-24-8-6-7-9-24)11-12-26(30)20-32(34)38-36(31)33/h10-15,17,19-21,24H,6-9,16,18H2,1-5H3/q+1. The van der Waals surface area contributed by atoms with E-state index in [0.717, 1.165) is 23.8 Å². The number of rotatable bonds is 4. The number of hydrogen-bond acceptors (Lipinski definition) is 1. The Kier molecular flexibility index (Phi) is 5.51. The molecule has 0 N–H and O–H groups in total. The van der Waals surface area contributed by atoms with Gasteiger partial charge in [0.05, 0.1) is 10.9 Å². The molecule has 2 heterocycles. The van der Waals surface area contributed by atoms with E-state index in [-0.39, 0.29) is 0 Å². The fourth-order valence-corrected chi connectivity index (χ4v) is 7.28. The number of ether oxygens (including phenoxy) is 1. The summed E-state index contributed by atoms with van der Waals surface area (Å²) in [5.74, 6) is 3.43. The maximum atomic E-state index is 6.99. The molecule has 1 fully saturated rings. The summed E-state index contributed by atoms with van der Waals surface area (Å²) < 4.78 is 9.30. The maximum absolute atomic E-state index is 6.99. The van der Waals surface area contributed by atoms with E-state index in [9.17, 15) is 0 Å². The average Bonchev–Trinajstić information content (AvgIpc) is 3.40. The SMILES string of the molecule is Cc1ccc2c(CC(C)C)c3c(c(C)c2c1)-c1c2c(cc4ccc(CC5CCCC5)cc4c2cc[n+]1C)O3. The van der Waals surface area contributed by atoms with E-state index in [4.69, 9.17) is 4.74 Å². The maximum Gasteiger partial charge on any atom is 0.228 e. The highest BCUT2D eigenvalue weighted by atomic mass is 16.5. The Balaban J connectivity index is 1.53. The van der Waals surface area contributed by atoms with Crippen molar-refractivity contribution >= 4 is 32.3 Å². The van der Waals surface area contributed by atoms with Crippen LogP contribution in [0, 0.1) is 25.7 Å². The number of nitrogens with zero attached hydrogens (tertiary/aromatic N) is 1. The fraction of sp³-hybridized carbons (Fsp3) is 0.361. The van der Waals surface area contributed by atoms with Gasteiger partial charge in [-0.05, 0) is 77.3 Å². The quantitative estimate of drug-likeness (QED) is 0.174. The van der Waals surface area contributed by atoms with E-state index in [0.29, 0.717) is 5.92 Å². The number of aryl methyl sites for hydroxylation is 3. The predicted octanol–water partition coefficient (Wildman–Crippen LogP) is 9.29. The first kappa shape index (κ1) is 23.7. The van der Waals surface area contributed by atoms with Gasteiger partial charge in [0.25, 0.3) is 0 Å². The van der Waals surface area contributed by atoms with E-state index in [1.54, 1.807) is 0 Å². The van der Waals surface area contributed by atoms with Gasteiger partial charge >= 0.3 is 0 Å². The van der Waals surface area contributed by atoms with Crippen molar-refractivity contribution in [3.05, 3.63) is 77.0 Å². The molecule has 2 heteroatoms. The Morgan fingerprint density at radius 1 is 0.895 bits per heavy atom. The lowest BCUT2D eigenvalue weighted by Gasteiger charge is -2.26. The lowest BCUT2D eigenvalue weighted by atomic mass is 9.85. The lowest BCUT2D eigenvalue weighted by Crippen LogP contribution is -2.32. The number of aromatic nitrogens is 1. The van der Waals surface area contributed by atoms with Crippen LogP contribution in [0.3, 0.4) is 0 Å². The molecule has 0 atom stereocenters. The highest BCUT2D eigenvalue weighted by molar-refractivity contribution is 6.16. The zero-order valence-electron chi connectivity index (χ0n) is 23.4. The minimum Gasteiger partial charge on any atom is -0.455 e. The van der Waals surface area contributed by atoms with Crippen molar-refractivity contribution in [1.82, 2.24) is 0 Å². The first-order valence-electron chi connectivity index (χ1n) is 14.5. The summed E-state index contributed by atoms with van der Waals surface area (Å²) in [6.07, 6.45) is 10.0. The van der Waals surface area contributed by atoms with Gasteiger partial charge in [-0.2, -0.15) is 0 Å². The Morgan fingerprint density at radius 2 is 1.71 bits per heavy atom. The second kappa shape index (κ2) is 8.83. The molecule has 2 aliphatic rings. The first-order valence-corrected chi connectivity index (χ1v) is 14.5. The summed E-state index contributed by atoms with van der Waals surface area (Å²) in [5, 5.41) is 7.85. The predicted molar refractivity (Wildman–Crippen MR) is 159 cm³/mol. The summed E-state index contributed by atoms with van der Waals surface area (Å²) in [5.41, 5.74) is 7.98. The van der Waals surface area contributed by atoms with Crippen LogP contribution in [0.15, 0.2) is 54.7 Å². The summed E-state index contributed by atoms with van der Waals surface area (Å²) in [4.78, 5) is 0. The molecule has 38 heavy (non-hydrogen) atoms. The topological polar surface area (TPSA) is 13.1 Å². The second-order valence-corrected chi connectivity index (χ2v) is 12.4. The van der Waals surface area contributed by atoms with Crippen LogP contribution in [0.1, 0.15) is 61.8 Å². The zero-order valence-corrected chi connectivity index (χ0v) is 23.4. The van der Waals surface area contributed by atoms with Crippen LogP contribution in [0.2, 0.25) is 0 Å². The van der Waals surface area contributed by atoms with Crippen molar-refractivity contribution in [2.45, 2.75) is 66.2 Å². The molecular formula is C36H38NO+. The Morgan fingerprint density at radius 3 is 2.50 bits per heavy atom. The molecular weight excluding hydrogens is 462 g/mol. The molecule has 0 saturated heterocycles. The molecule has 5 aromatic rings. The van der Waals surface area contributed by atoms with Gasteiger partial charge in [-0.25, -0.2) is 4.57 Å². The molecule has 7 rings (SSSR count). The molecule has 0 bridgehead atoms. The van der Waals surface area contributed by atoms with Crippen molar-refractivity contribution in [2.24, 2.45) is 18.9 Å². The van der Waals surface area contributed by atoms with Gasteiger partial charge in [0.15, 0.2) is 6.20 Å². The smallest absolute Gasteiger partial charge is 0.228 e. The number of pyridine rings is 1. The number of fused-ring (bicyclic) bond motifs is 5. The number of benzene rings is 4. The molecule has 1 aliphatic heterocycles. The Bertz CT molecular complexity index is 1750. The van der Waals surface area contributed by atoms with Gasteiger partial charge < -0.3 is 4.74 Å². The third-order valence-electron chi connectivity index (χ3n) is 9.11. The summed E-state index contributed by atoms with van der Waals surface area (Å²) in [7, 11) is 2.19. The monoisotopic (exact) mass is 500 g/mol. The molecule has 0 amide bonds. The van der Waals surface area contributed by atoms with Crippen molar-refractivity contribution in [3.63, 3.8) is 0 Å². The molecule has 1 aromatic heterocycles. The first-order chi connectivity index (χ1) is 18.4. The lowest BCUT2D eigenvalue weighted by molar-refractivity contribution is -0.659. The van der Waals surface area contributed by atoms with Crippen LogP contribution in [0.4, 0.5) is 0 Å². The van der Waals surface area contributed by atoms with E-state index in [2.05, 4.69) is 94.0 Å². The second-order valence-electron chi connectivity index (χ2n) is 12.4. The zero-order chi connectivity index (χ0) is 26.1. The summed E-state index contributed by atoms with van der Waals surface area (Å²) in [6, 6.07) is 18.6. The largest absolute Gasteiger partial charge is 0.455 e. The normalized spacial score (nSPS) is 15.1. The van der Waals surface area contributed by atoms with Gasteiger partial charge in [0.1, 0.15) is 18.5 Å². The van der Waals surface area contributed by atoms with E-state index in [1.165, 1.54) is 97.9 Å². The molecule has 0 spiro atoms. The minimum absolute atomic E-state index is 0.538.